The number of oxime groups is 1. The number of hydrogen-bond acceptors (Lipinski definition) is 8. The zero-order chi connectivity index (χ0) is 27.8. The van der Waals surface area contributed by atoms with Crippen molar-refractivity contribution in [1.29, 1.82) is 0 Å². The zero-order valence-corrected chi connectivity index (χ0v) is 30.2. The van der Waals surface area contributed by atoms with E-state index in [4.69, 9.17) is 19.4 Å². The number of aryl methyl sites for hydroxylation is 2. The van der Waals surface area contributed by atoms with Gasteiger partial charge in [0.15, 0.2) is 11.9 Å². The van der Waals surface area contributed by atoms with Crippen LogP contribution in [0, 0.1) is 30.1 Å². The molecule has 5 rings (SSSR count). The van der Waals surface area contributed by atoms with Gasteiger partial charge in [0.05, 0.1) is 5.71 Å². The van der Waals surface area contributed by atoms with Crippen molar-refractivity contribution in [3.8, 4) is 5.75 Å². The monoisotopic (exact) mass is 625 g/mol. The Morgan fingerprint density at radius 1 is 1.32 bits per heavy atom. The fourth-order valence-electron chi connectivity index (χ4n) is 7.32. The molecule has 216 valence electrons. The topological polar surface area (TPSA) is 140 Å². The van der Waals surface area contributed by atoms with Crippen LogP contribution in [-0.4, -0.2) is 40.3 Å². The summed E-state index contributed by atoms with van der Waals surface area (Å²) in [4.78, 5) is 41.2. The van der Waals surface area contributed by atoms with Crippen molar-refractivity contribution in [2.24, 2.45) is 28.3 Å². The average Bonchev–Trinajstić information content (AvgIpc) is 3.41. The smallest absolute Gasteiger partial charge is 1.00 e. The number of nitrogens with one attached hydrogen (secondary N) is 1. The Bertz CT molecular complexity index is 1320. The van der Waals surface area contributed by atoms with Crippen LogP contribution in [0.3, 0.4) is 0 Å². The van der Waals surface area contributed by atoms with E-state index in [-0.39, 0.29) is 73.3 Å². The fourth-order valence-corrected chi connectivity index (χ4v) is 8.19. The summed E-state index contributed by atoms with van der Waals surface area (Å²) < 4.78 is 20.8. The molecule has 0 radical (unpaired) electrons. The number of phosphoric acid groups is 1. The molecular formula is C27H38N3Na2O7PS. The first-order valence-corrected chi connectivity index (χ1v) is 15.7. The summed E-state index contributed by atoms with van der Waals surface area (Å²) in [6.45, 7) is 3.80. The summed E-state index contributed by atoms with van der Waals surface area (Å²) in [5, 5.41) is 8.09. The first-order chi connectivity index (χ1) is 18.6. The Labute approximate surface area is 292 Å². The first-order valence-electron chi connectivity index (χ1n) is 13.4. The number of benzene rings is 1. The molecule has 0 bridgehead atoms. The molecule has 1 aromatic heterocycles. The number of phosphoric ester groups is 1. The first kappa shape index (κ1) is 35.2. The summed E-state index contributed by atoms with van der Waals surface area (Å²) in [6, 6.07) is 5.92. The normalized spacial score (nSPS) is 27.5. The van der Waals surface area contributed by atoms with E-state index < -0.39 is 14.6 Å². The van der Waals surface area contributed by atoms with Gasteiger partial charge in [-0.15, -0.1) is 11.3 Å². The number of thiazole rings is 1. The maximum Gasteiger partial charge on any atom is 1.00 e. The molecule has 41 heavy (non-hydrogen) atoms. The van der Waals surface area contributed by atoms with E-state index in [1.807, 2.05) is 19.1 Å². The molecule has 3 aliphatic rings. The number of nitrogens with zero attached hydrogens (tertiary/aromatic N) is 2. The maximum absolute atomic E-state index is 12.8. The van der Waals surface area contributed by atoms with E-state index in [1.54, 1.807) is 13.3 Å². The Morgan fingerprint density at radius 3 is 2.78 bits per heavy atom. The molecule has 2 fully saturated rings. The van der Waals surface area contributed by atoms with Gasteiger partial charge in [-0.2, -0.15) is 0 Å². The molecule has 0 aliphatic heterocycles. The third-order valence-electron chi connectivity index (χ3n) is 8.83. The van der Waals surface area contributed by atoms with Crippen LogP contribution in [0.2, 0.25) is 0 Å². The van der Waals surface area contributed by atoms with Crippen LogP contribution in [0.5, 0.6) is 5.75 Å². The molecule has 2 saturated carbocycles. The number of carbonyl (C=O) groups excluding carboxylic acids is 1. The van der Waals surface area contributed by atoms with E-state index in [0.717, 1.165) is 49.1 Å². The van der Waals surface area contributed by atoms with Crippen molar-refractivity contribution < 1.29 is 95.2 Å². The number of fused-ring (bicyclic) bond motifs is 5. The molecule has 5 atom stereocenters. The third-order valence-corrected chi connectivity index (χ3v) is 10.1. The molecule has 10 nitrogen and oxygen atoms in total. The third kappa shape index (κ3) is 8.05. The minimum atomic E-state index is -4.58. The molecule has 1 heterocycles. The van der Waals surface area contributed by atoms with Crippen LogP contribution in [0.15, 0.2) is 29.6 Å². The minimum Gasteiger partial charge on any atom is -1.00 e. The molecule has 3 aliphatic carbocycles. The Kier molecular flexibility index (Phi) is 12.6. The van der Waals surface area contributed by atoms with E-state index in [1.165, 1.54) is 22.5 Å². The predicted octanol–water partition coefficient (Wildman–Crippen LogP) is -0.366. The second-order valence-electron chi connectivity index (χ2n) is 11.1. The van der Waals surface area contributed by atoms with Gasteiger partial charge in [-0.3, -0.25) is 4.79 Å². The van der Waals surface area contributed by atoms with Crippen molar-refractivity contribution >= 4 is 35.9 Å². The minimum absolute atomic E-state index is 0. The molecule has 2 aromatic rings. The second-order valence-corrected chi connectivity index (χ2v) is 13.6. The maximum atomic E-state index is 12.8. The van der Waals surface area contributed by atoms with Crippen LogP contribution >= 0.6 is 19.2 Å². The predicted molar refractivity (Wildman–Crippen MR) is 150 cm³/mol. The molecule has 3 unspecified atom stereocenters. The van der Waals surface area contributed by atoms with Crippen LogP contribution in [0.25, 0.3) is 0 Å². The zero-order valence-electron chi connectivity index (χ0n) is 26.5. The quantitative estimate of drug-likeness (QED) is 0.149. The van der Waals surface area contributed by atoms with Crippen molar-refractivity contribution in [3.05, 3.63) is 40.4 Å². The largest absolute Gasteiger partial charge is 1.00 e. The fraction of sp³-hybridized carbons (Fsp3) is 0.593. The van der Waals surface area contributed by atoms with Gasteiger partial charge >= 0.3 is 66.9 Å². The van der Waals surface area contributed by atoms with E-state index in [2.05, 4.69) is 33.0 Å². The Balaban J connectivity index is 0.00000231. The number of anilines is 1. The van der Waals surface area contributed by atoms with Crippen LogP contribution in [0.4, 0.5) is 5.13 Å². The molecular weight excluding hydrogens is 587 g/mol. The van der Waals surface area contributed by atoms with Crippen molar-refractivity contribution in [3.63, 3.8) is 0 Å². The van der Waals surface area contributed by atoms with Gasteiger partial charge in [0, 0.05) is 22.9 Å². The standard InChI is InChI=1S/C27H36N3O7PS.2Na.2H/c1-16-14-28-26(39-16)29-24(31)9-5-18-13-23(30-35-3)27(2)11-10-21-20-8-6-19(36-15-37-38(32,33)34)12-17(20)4-7-22(21)25(18)27;;;;/h6,8,12,14,18,21-22,25H,4-5,7,9-11,13,15H2,1-3H3,(H,28,29,31)(H2,32,33,34);;;;/q;2*+1;2*-1/b30-23+;;;;/t18-,21?,22?,25?,27-;;;;/m1..../s1. The van der Waals surface area contributed by atoms with Crippen LogP contribution in [0.1, 0.15) is 70.2 Å². The molecule has 0 saturated heterocycles. The van der Waals surface area contributed by atoms with Gasteiger partial charge in [-0.05, 0) is 92.4 Å². The number of carbonyl (C=O) groups is 1. The number of ether oxygens (including phenoxy) is 1. The van der Waals surface area contributed by atoms with Crippen molar-refractivity contribution in [2.75, 3.05) is 19.2 Å². The van der Waals surface area contributed by atoms with Gasteiger partial charge in [-0.1, -0.05) is 18.1 Å². The van der Waals surface area contributed by atoms with Gasteiger partial charge in [0.25, 0.3) is 0 Å². The number of rotatable bonds is 9. The molecule has 1 amide bonds. The number of hydrogen-bond donors (Lipinski definition) is 3. The van der Waals surface area contributed by atoms with E-state index in [9.17, 15) is 9.36 Å². The van der Waals surface area contributed by atoms with Gasteiger partial charge in [0.1, 0.15) is 12.9 Å². The summed E-state index contributed by atoms with van der Waals surface area (Å²) >= 11 is 1.48. The van der Waals surface area contributed by atoms with E-state index >= 15 is 0 Å². The summed E-state index contributed by atoms with van der Waals surface area (Å²) in [5.74, 6) is 2.16. The van der Waals surface area contributed by atoms with Gasteiger partial charge < -0.3 is 27.5 Å². The van der Waals surface area contributed by atoms with E-state index in [0.29, 0.717) is 41.0 Å². The molecule has 3 N–H and O–H groups in total. The molecule has 1 aromatic carbocycles. The van der Waals surface area contributed by atoms with Crippen LogP contribution < -0.4 is 69.2 Å². The Morgan fingerprint density at radius 2 is 2.10 bits per heavy atom. The van der Waals surface area contributed by atoms with Crippen molar-refractivity contribution in [1.82, 2.24) is 4.98 Å². The SMILES string of the molecule is CO/N=C1\C[C@@H](CCC(=O)Nc2ncc(C)s2)C2C3CCc4cc(OCOP(=O)(O)O)ccc4C3CC[C@]12C.[H-].[H-].[Na+].[Na+]. The summed E-state index contributed by atoms with van der Waals surface area (Å²) in [7, 11) is -2.97. The summed E-state index contributed by atoms with van der Waals surface area (Å²) in [5.41, 5.74) is 3.61. The molecule has 14 heteroatoms. The second kappa shape index (κ2) is 14.7. The van der Waals surface area contributed by atoms with Crippen LogP contribution in [-0.2, 0) is 25.1 Å². The van der Waals surface area contributed by atoms with Crippen molar-refractivity contribution in [2.45, 2.75) is 64.7 Å². The number of aromatic nitrogens is 1. The number of amides is 1. The summed E-state index contributed by atoms with van der Waals surface area (Å²) in [6.07, 6.45) is 7.84. The Hall–Kier alpha value is -0.300. The van der Waals surface area contributed by atoms with Gasteiger partial charge in [-0.25, -0.2) is 14.1 Å². The molecule has 0 spiro atoms. The van der Waals surface area contributed by atoms with Gasteiger partial charge in [0.2, 0.25) is 5.91 Å². The average molecular weight is 626 g/mol.